The minimum absolute atomic E-state index is 0.0117. The van der Waals surface area contributed by atoms with Gasteiger partial charge in [-0.25, -0.2) is 12.8 Å². The van der Waals surface area contributed by atoms with Crippen molar-refractivity contribution < 1.29 is 22.4 Å². The van der Waals surface area contributed by atoms with Crippen LogP contribution in [0, 0.1) is 5.82 Å². The van der Waals surface area contributed by atoms with Gasteiger partial charge in [0.15, 0.2) is 0 Å². The molecule has 2 rings (SSSR count). The average Bonchev–Trinajstić information content (AvgIpc) is 2.76. The van der Waals surface area contributed by atoms with Crippen LogP contribution >= 0.6 is 23.2 Å². The van der Waals surface area contributed by atoms with Crippen LogP contribution in [-0.2, 0) is 26.2 Å². The van der Waals surface area contributed by atoms with E-state index in [9.17, 15) is 22.4 Å². The monoisotopic (exact) mass is 531 g/mol. The summed E-state index contributed by atoms with van der Waals surface area (Å²) in [6.07, 6.45) is 1.22. The van der Waals surface area contributed by atoms with Gasteiger partial charge in [0.2, 0.25) is 21.8 Å². The van der Waals surface area contributed by atoms with E-state index in [0.29, 0.717) is 27.8 Å². The number of benzene rings is 2. The molecule has 0 spiro atoms. The maximum Gasteiger partial charge on any atom is 0.242 e. The fraction of sp³-hybridized carbons (Fsp3) is 0.391. The molecular weight excluding hydrogens is 504 g/mol. The van der Waals surface area contributed by atoms with E-state index in [2.05, 4.69) is 5.32 Å². The summed E-state index contributed by atoms with van der Waals surface area (Å²) in [6.45, 7) is 3.91. The van der Waals surface area contributed by atoms with E-state index in [1.165, 1.54) is 29.2 Å². The number of anilines is 1. The minimum atomic E-state index is -3.65. The number of halogens is 3. The molecular formula is C23H28Cl2FN3O4S. The van der Waals surface area contributed by atoms with Crippen molar-refractivity contribution in [2.24, 2.45) is 0 Å². The number of carbonyl (C=O) groups excluding carboxylic acids is 2. The normalized spacial score (nSPS) is 12.2. The van der Waals surface area contributed by atoms with Crippen LogP contribution in [-0.4, -0.2) is 50.5 Å². The number of amides is 2. The molecule has 186 valence electrons. The molecule has 1 unspecified atom stereocenters. The highest BCUT2D eigenvalue weighted by Gasteiger charge is 2.27. The van der Waals surface area contributed by atoms with Crippen LogP contribution in [0.5, 0.6) is 0 Å². The summed E-state index contributed by atoms with van der Waals surface area (Å²) in [5.74, 6) is -1.13. The third kappa shape index (κ3) is 7.85. The number of nitrogens with zero attached hydrogens (tertiary/aromatic N) is 2. The summed E-state index contributed by atoms with van der Waals surface area (Å²) < 4.78 is 38.9. The van der Waals surface area contributed by atoms with Crippen molar-refractivity contribution in [3.63, 3.8) is 0 Å². The minimum Gasteiger partial charge on any atom is -0.355 e. The van der Waals surface area contributed by atoms with Gasteiger partial charge in [-0.1, -0.05) is 29.3 Å². The second-order valence-corrected chi connectivity index (χ2v) is 10.5. The number of likely N-dealkylation sites (N-methyl/N-ethyl adjacent to an activating group) is 1. The predicted octanol–water partition coefficient (Wildman–Crippen LogP) is 4.23. The summed E-state index contributed by atoms with van der Waals surface area (Å²) in [5.41, 5.74) is 0.927. The molecule has 2 aromatic rings. The molecule has 7 nitrogen and oxygen atoms in total. The van der Waals surface area contributed by atoms with Crippen LogP contribution in [0.25, 0.3) is 0 Å². The molecule has 0 aliphatic heterocycles. The van der Waals surface area contributed by atoms with Crippen molar-refractivity contribution in [2.75, 3.05) is 23.7 Å². The molecule has 0 aliphatic rings. The van der Waals surface area contributed by atoms with Gasteiger partial charge in [0.1, 0.15) is 11.9 Å². The summed E-state index contributed by atoms with van der Waals surface area (Å²) in [5, 5.41) is 3.52. The third-order valence-corrected chi connectivity index (χ3v) is 6.92. The molecule has 0 fully saturated rings. The maximum atomic E-state index is 13.3. The summed E-state index contributed by atoms with van der Waals surface area (Å²) in [6, 6.07) is 9.19. The van der Waals surface area contributed by atoms with Crippen molar-refractivity contribution in [1.29, 1.82) is 0 Å². The second-order valence-electron chi connectivity index (χ2n) is 7.74. The van der Waals surface area contributed by atoms with Crippen LogP contribution in [0.15, 0.2) is 42.5 Å². The van der Waals surface area contributed by atoms with E-state index in [4.69, 9.17) is 23.2 Å². The Morgan fingerprint density at radius 2 is 1.76 bits per heavy atom. The first-order valence-electron chi connectivity index (χ1n) is 10.7. The van der Waals surface area contributed by atoms with E-state index in [-0.39, 0.29) is 37.7 Å². The Balaban J connectivity index is 2.18. The van der Waals surface area contributed by atoms with Gasteiger partial charge in [-0.3, -0.25) is 13.9 Å². The summed E-state index contributed by atoms with van der Waals surface area (Å²) in [7, 11) is -3.65. The van der Waals surface area contributed by atoms with E-state index in [0.717, 1.165) is 10.6 Å². The lowest BCUT2D eigenvalue weighted by molar-refractivity contribution is -0.140. The highest BCUT2D eigenvalue weighted by molar-refractivity contribution is 7.92. The Labute approximate surface area is 209 Å². The molecule has 0 aromatic heterocycles. The molecule has 11 heteroatoms. The Hall–Kier alpha value is -2.36. The molecule has 0 aliphatic carbocycles. The number of rotatable bonds is 11. The Bertz CT molecular complexity index is 1110. The van der Waals surface area contributed by atoms with E-state index >= 15 is 0 Å². The van der Waals surface area contributed by atoms with Gasteiger partial charge in [0.05, 0.1) is 11.9 Å². The number of nitrogens with one attached hydrogen (secondary N) is 1. The molecule has 1 N–H and O–H groups in total. The zero-order chi connectivity index (χ0) is 25.5. The van der Waals surface area contributed by atoms with E-state index in [1.54, 1.807) is 32.0 Å². The smallest absolute Gasteiger partial charge is 0.242 e. The number of carbonyl (C=O) groups is 2. The third-order valence-electron chi connectivity index (χ3n) is 5.14. The van der Waals surface area contributed by atoms with Crippen LogP contribution in [0.1, 0.15) is 32.3 Å². The second kappa shape index (κ2) is 12.4. The molecule has 1 atom stereocenters. The molecule has 34 heavy (non-hydrogen) atoms. The lowest BCUT2D eigenvalue weighted by Crippen LogP contribution is -2.47. The van der Waals surface area contributed by atoms with Crippen molar-refractivity contribution in [2.45, 2.75) is 39.3 Å². The zero-order valence-corrected chi connectivity index (χ0v) is 21.6. The number of hydrogen-bond acceptors (Lipinski definition) is 4. The van der Waals surface area contributed by atoms with Gasteiger partial charge >= 0.3 is 0 Å². The van der Waals surface area contributed by atoms with Crippen LogP contribution in [0.4, 0.5) is 10.1 Å². The molecule has 0 bridgehead atoms. The maximum absolute atomic E-state index is 13.3. The van der Waals surface area contributed by atoms with Crippen LogP contribution in [0.3, 0.4) is 0 Å². The van der Waals surface area contributed by atoms with Crippen molar-refractivity contribution in [1.82, 2.24) is 10.2 Å². The standard InChI is InChI=1S/C23H28Cl2FN3O4S/c1-4-27-23(31)16(2)28(15-17-7-8-18(24)14-21(17)25)22(30)6-5-13-29(34(3,32)33)20-11-9-19(26)10-12-20/h7-12,14,16H,4-6,13,15H2,1-3H3,(H,27,31). The van der Waals surface area contributed by atoms with Crippen LogP contribution in [0.2, 0.25) is 10.0 Å². The van der Waals surface area contributed by atoms with E-state index in [1.807, 2.05) is 0 Å². The van der Waals surface area contributed by atoms with Gasteiger partial charge in [-0.2, -0.15) is 0 Å². The molecule has 0 saturated heterocycles. The van der Waals surface area contributed by atoms with Gasteiger partial charge < -0.3 is 10.2 Å². The first-order chi connectivity index (χ1) is 15.9. The van der Waals surface area contributed by atoms with Gasteiger partial charge in [-0.05, 0) is 62.2 Å². The van der Waals surface area contributed by atoms with Crippen LogP contribution < -0.4 is 9.62 Å². The van der Waals surface area contributed by atoms with Crippen molar-refractivity contribution >= 4 is 50.7 Å². The highest BCUT2D eigenvalue weighted by atomic mass is 35.5. The fourth-order valence-electron chi connectivity index (χ4n) is 3.35. The van der Waals surface area contributed by atoms with E-state index < -0.39 is 21.9 Å². The lowest BCUT2D eigenvalue weighted by Gasteiger charge is -2.29. The topological polar surface area (TPSA) is 86.8 Å². The Morgan fingerprint density at radius 3 is 2.32 bits per heavy atom. The molecule has 2 amide bonds. The fourth-order valence-corrected chi connectivity index (χ4v) is 4.78. The quantitative estimate of drug-likeness (QED) is 0.469. The molecule has 0 saturated carbocycles. The molecule has 0 radical (unpaired) electrons. The molecule has 2 aromatic carbocycles. The number of sulfonamides is 1. The summed E-state index contributed by atoms with van der Waals surface area (Å²) in [4.78, 5) is 27.0. The number of hydrogen-bond donors (Lipinski definition) is 1. The van der Waals surface area contributed by atoms with Crippen molar-refractivity contribution in [3.05, 3.63) is 63.9 Å². The van der Waals surface area contributed by atoms with Gasteiger partial charge in [0, 0.05) is 36.1 Å². The first kappa shape index (κ1) is 27.9. The molecule has 0 heterocycles. The largest absolute Gasteiger partial charge is 0.355 e. The lowest BCUT2D eigenvalue weighted by atomic mass is 10.1. The summed E-state index contributed by atoms with van der Waals surface area (Å²) >= 11 is 12.2. The van der Waals surface area contributed by atoms with Gasteiger partial charge in [-0.15, -0.1) is 0 Å². The first-order valence-corrected chi connectivity index (χ1v) is 13.3. The average molecular weight is 532 g/mol. The SMILES string of the molecule is CCNC(=O)C(C)N(Cc1ccc(Cl)cc1Cl)C(=O)CCCN(c1ccc(F)cc1)S(C)(=O)=O. The zero-order valence-electron chi connectivity index (χ0n) is 19.2. The van der Waals surface area contributed by atoms with Crippen molar-refractivity contribution in [3.8, 4) is 0 Å². The predicted molar refractivity (Wildman–Crippen MR) is 133 cm³/mol. The Morgan fingerprint density at radius 1 is 1.12 bits per heavy atom. The Kier molecular flexibility index (Phi) is 10.1. The highest BCUT2D eigenvalue weighted by Crippen LogP contribution is 2.24. The van der Waals surface area contributed by atoms with Gasteiger partial charge in [0.25, 0.3) is 0 Å².